The van der Waals surface area contributed by atoms with E-state index in [1.807, 2.05) is 6.92 Å². The molecule has 1 heterocycles. The molecule has 0 saturated heterocycles. The van der Waals surface area contributed by atoms with Crippen LogP contribution in [0.5, 0.6) is 0 Å². The van der Waals surface area contributed by atoms with Crippen LogP contribution in [0.15, 0.2) is 30.0 Å². The van der Waals surface area contributed by atoms with Crippen LogP contribution >= 0.6 is 11.6 Å². The summed E-state index contributed by atoms with van der Waals surface area (Å²) in [6.45, 7) is 3.27. The van der Waals surface area contributed by atoms with Gasteiger partial charge in [0.1, 0.15) is 0 Å². The van der Waals surface area contributed by atoms with Crippen LogP contribution < -0.4 is 4.72 Å². The number of rotatable bonds is 6. The van der Waals surface area contributed by atoms with Gasteiger partial charge in [0.2, 0.25) is 0 Å². The lowest BCUT2D eigenvalue weighted by Gasteiger charge is -2.32. The molecular weight excluding hydrogens is 380 g/mol. The lowest BCUT2D eigenvalue weighted by molar-refractivity contribution is -0.140. The van der Waals surface area contributed by atoms with Gasteiger partial charge in [0, 0.05) is 29.8 Å². The molecule has 2 rings (SSSR count). The number of nitrogens with zero attached hydrogens (tertiary/aromatic N) is 1. The number of ketones is 1. The molecule has 0 spiro atoms. The Labute approximate surface area is 158 Å². The average molecular weight is 401 g/mol. The zero-order chi connectivity index (χ0) is 19.5. The van der Waals surface area contributed by atoms with Crippen molar-refractivity contribution in [2.24, 2.45) is 0 Å². The van der Waals surface area contributed by atoms with Gasteiger partial charge in [-0.3, -0.25) is 13.9 Å². The summed E-state index contributed by atoms with van der Waals surface area (Å²) in [5, 5.41) is 0.491. The van der Waals surface area contributed by atoms with Gasteiger partial charge in [-0.2, -0.15) is 13.1 Å². The maximum Gasteiger partial charge on any atom is 0.305 e. The van der Waals surface area contributed by atoms with Crippen LogP contribution in [0, 0.1) is 6.92 Å². The van der Waals surface area contributed by atoms with E-state index in [4.69, 9.17) is 11.6 Å². The third kappa shape index (κ3) is 4.63. The minimum absolute atomic E-state index is 0.0581. The summed E-state index contributed by atoms with van der Waals surface area (Å²) in [5.74, 6) is -0.678. The number of esters is 1. The van der Waals surface area contributed by atoms with Crippen molar-refractivity contribution < 1.29 is 22.7 Å². The second kappa shape index (κ2) is 8.20. The van der Waals surface area contributed by atoms with Crippen molar-refractivity contribution in [3.63, 3.8) is 0 Å². The molecule has 1 unspecified atom stereocenters. The quantitative estimate of drug-likeness (QED) is 0.739. The maximum absolute atomic E-state index is 12.5. The summed E-state index contributed by atoms with van der Waals surface area (Å²) in [6.07, 6.45) is 1.68. The molecule has 1 aromatic carbocycles. The highest BCUT2D eigenvalue weighted by molar-refractivity contribution is 7.87. The lowest BCUT2D eigenvalue weighted by atomic mass is 9.96. The van der Waals surface area contributed by atoms with Crippen molar-refractivity contribution in [3.05, 3.63) is 46.1 Å². The maximum atomic E-state index is 12.5. The van der Waals surface area contributed by atoms with Crippen LogP contribution in [0.25, 0.3) is 0 Å². The van der Waals surface area contributed by atoms with E-state index >= 15 is 0 Å². The largest absolute Gasteiger partial charge is 0.469 e. The number of hydrogen-bond donors (Lipinski definition) is 1. The second-order valence-corrected chi connectivity index (χ2v) is 8.06. The van der Waals surface area contributed by atoms with Crippen molar-refractivity contribution in [3.8, 4) is 0 Å². The van der Waals surface area contributed by atoms with Crippen molar-refractivity contribution in [2.45, 2.75) is 32.7 Å². The first kappa shape index (κ1) is 20.4. The van der Waals surface area contributed by atoms with E-state index in [9.17, 15) is 18.0 Å². The van der Waals surface area contributed by atoms with Crippen molar-refractivity contribution >= 4 is 33.6 Å². The second-order valence-electron chi connectivity index (χ2n) is 6.00. The molecule has 1 N–H and O–H groups in total. The van der Waals surface area contributed by atoms with E-state index in [0.29, 0.717) is 16.2 Å². The van der Waals surface area contributed by atoms with Crippen LogP contribution in [0.4, 0.5) is 0 Å². The minimum atomic E-state index is -3.86. The Hall–Kier alpha value is -1.90. The topological polar surface area (TPSA) is 92.8 Å². The highest BCUT2D eigenvalue weighted by Gasteiger charge is 2.34. The van der Waals surface area contributed by atoms with Gasteiger partial charge in [-0.1, -0.05) is 23.7 Å². The molecule has 0 aromatic heterocycles. The van der Waals surface area contributed by atoms with E-state index in [1.165, 1.54) is 20.2 Å². The summed E-state index contributed by atoms with van der Waals surface area (Å²) >= 11 is 6.14. The standard InChI is InChI=1S/C17H21ClN2O5S/c1-11-6-7-13(9-15(11)18)17-14(12(2)21)10-20(26(23,24)19-17)8-4-5-16(22)25-3/h6-7,9-10,17,19H,4-5,8H2,1-3H3. The normalized spacial score (nSPS) is 19.0. The van der Waals surface area contributed by atoms with Crippen LogP contribution in [-0.2, 0) is 24.5 Å². The van der Waals surface area contributed by atoms with Gasteiger partial charge in [0.25, 0.3) is 0 Å². The van der Waals surface area contributed by atoms with Gasteiger partial charge >= 0.3 is 16.2 Å². The minimum Gasteiger partial charge on any atom is -0.469 e. The fourth-order valence-electron chi connectivity index (χ4n) is 2.58. The first-order valence-corrected chi connectivity index (χ1v) is 9.82. The molecule has 26 heavy (non-hydrogen) atoms. The Morgan fingerprint density at radius 2 is 2.04 bits per heavy atom. The molecule has 9 heteroatoms. The molecule has 1 atom stereocenters. The number of Topliss-reactive ketones (excluding diaryl/α,β-unsaturated/α-hetero) is 1. The number of ether oxygens (including phenoxy) is 1. The van der Waals surface area contributed by atoms with Gasteiger partial charge < -0.3 is 4.74 Å². The van der Waals surface area contributed by atoms with E-state index in [0.717, 1.165) is 9.87 Å². The molecule has 1 aliphatic rings. The first-order chi connectivity index (χ1) is 12.2. The van der Waals surface area contributed by atoms with Crippen LogP contribution in [0.1, 0.15) is 36.9 Å². The monoisotopic (exact) mass is 400 g/mol. The van der Waals surface area contributed by atoms with E-state index in [2.05, 4.69) is 9.46 Å². The van der Waals surface area contributed by atoms with Crippen molar-refractivity contribution in [2.75, 3.05) is 13.7 Å². The van der Waals surface area contributed by atoms with E-state index < -0.39 is 22.2 Å². The molecule has 0 saturated carbocycles. The van der Waals surface area contributed by atoms with Gasteiger partial charge in [0.15, 0.2) is 5.78 Å². The van der Waals surface area contributed by atoms with Crippen LogP contribution in [-0.4, -0.2) is 38.1 Å². The lowest BCUT2D eigenvalue weighted by Crippen LogP contribution is -2.45. The molecule has 0 aliphatic carbocycles. The molecule has 1 aliphatic heterocycles. The zero-order valence-corrected chi connectivity index (χ0v) is 16.4. The van der Waals surface area contributed by atoms with E-state index in [1.54, 1.807) is 18.2 Å². The number of aryl methyl sites for hydroxylation is 1. The van der Waals surface area contributed by atoms with Gasteiger partial charge in [0.05, 0.1) is 13.2 Å². The third-order valence-corrected chi connectivity index (χ3v) is 5.94. The first-order valence-electron chi connectivity index (χ1n) is 8.00. The number of carbonyl (C=O) groups excluding carboxylic acids is 2. The predicted molar refractivity (Wildman–Crippen MR) is 97.7 cm³/mol. The number of hydrogen-bond acceptors (Lipinski definition) is 5. The van der Waals surface area contributed by atoms with Crippen LogP contribution in [0.2, 0.25) is 5.02 Å². The molecule has 0 radical (unpaired) electrons. The highest BCUT2D eigenvalue weighted by atomic mass is 35.5. The summed E-state index contributed by atoms with van der Waals surface area (Å²) in [5.41, 5.74) is 1.74. The molecule has 1 aromatic rings. The Balaban J connectivity index is 2.32. The predicted octanol–water partition coefficient (Wildman–Crippen LogP) is 2.27. The zero-order valence-electron chi connectivity index (χ0n) is 14.8. The molecule has 0 fully saturated rings. The molecule has 0 bridgehead atoms. The SMILES string of the molecule is COC(=O)CCCN1C=C(C(C)=O)C(c2ccc(C)c(Cl)c2)NS1(=O)=O. The molecule has 7 nitrogen and oxygen atoms in total. The summed E-state index contributed by atoms with van der Waals surface area (Å²) in [4.78, 5) is 23.3. The molecular formula is C17H21ClN2O5S. The fourth-order valence-corrected chi connectivity index (χ4v) is 4.08. The number of methoxy groups -OCH3 is 1. The summed E-state index contributed by atoms with van der Waals surface area (Å²) in [7, 11) is -2.58. The van der Waals surface area contributed by atoms with Crippen molar-refractivity contribution in [1.82, 2.24) is 9.03 Å². The Morgan fingerprint density at radius 3 is 2.62 bits per heavy atom. The molecule has 142 valence electrons. The van der Waals surface area contributed by atoms with Crippen LogP contribution in [0.3, 0.4) is 0 Å². The average Bonchev–Trinajstić information content (AvgIpc) is 2.57. The molecule has 0 amide bonds. The van der Waals surface area contributed by atoms with Crippen molar-refractivity contribution in [1.29, 1.82) is 0 Å². The fraction of sp³-hybridized carbons (Fsp3) is 0.412. The number of carbonyl (C=O) groups is 2. The Bertz CT molecular complexity index is 851. The number of benzene rings is 1. The smallest absolute Gasteiger partial charge is 0.305 e. The summed E-state index contributed by atoms with van der Waals surface area (Å²) in [6, 6.07) is 4.34. The Morgan fingerprint density at radius 1 is 1.35 bits per heavy atom. The summed E-state index contributed by atoms with van der Waals surface area (Å²) < 4.78 is 33.2. The number of nitrogens with one attached hydrogen (secondary N) is 1. The van der Waals surface area contributed by atoms with Gasteiger partial charge in [-0.15, -0.1) is 0 Å². The highest BCUT2D eigenvalue weighted by Crippen LogP contribution is 2.31. The van der Waals surface area contributed by atoms with Gasteiger partial charge in [-0.05, 0) is 37.5 Å². The number of halogens is 1. The van der Waals surface area contributed by atoms with E-state index in [-0.39, 0.29) is 25.2 Å². The Kier molecular flexibility index (Phi) is 6.44. The third-order valence-electron chi connectivity index (χ3n) is 4.09. The van der Waals surface area contributed by atoms with Gasteiger partial charge in [-0.25, -0.2) is 0 Å².